The summed E-state index contributed by atoms with van der Waals surface area (Å²) in [6.07, 6.45) is 3.41. The van der Waals surface area contributed by atoms with E-state index >= 15 is 0 Å². The third-order valence-corrected chi connectivity index (χ3v) is 6.71. The molecule has 2 saturated heterocycles. The molecule has 0 radical (unpaired) electrons. The van der Waals surface area contributed by atoms with Gasteiger partial charge in [-0.2, -0.15) is 0 Å². The van der Waals surface area contributed by atoms with E-state index in [1.807, 2.05) is 23.1 Å². The van der Waals surface area contributed by atoms with Crippen LogP contribution in [0.25, 0.3) is 11.0 Å². The van der Waals surface area contributed by atoms with Gasteiger partial charge in [0.2, 0.25) is 0 Å². The number of carbonyl (C=O) groups is 1. The van der Waals surface area contributed by atoms with Gasteiger partial charge in [-0.1, -0.05) is 18.2 Å². The first-order valence-corrected chi connectivity index (χ1v) is 12.6. The number of para-hydroxylation sites is 1. The largest absolute Gasteiger partial charge is 0.451 e. The number of sulfone groups is 1. The van der Waals surface area contributed by atoms with Crippen molar-refractivity contribution >= 4 is 26.7 Å². The predicted octanol–water partition coefficient (Wildman–Crippen LogP) is 2.69. The quantitative estimate of drug-likeness (QED) is 0.720. The highest BCUT2D eigenvalue weighted by Crippen LogP contribution is 2.31. The Morgan fingerprint density at radius 2 is 1.87 bits per heavy atom. The summed E-state index contributed by atoms with van der Waals surface area (Å²) in [5.74, 6) is -0.249. The minimum absolute atomic E-state index is 0.0919. The average molecular weight is 435 g/mol. The molecule has 0 spiro atoms. The van der Waals surface area contributed by atoms with Crippen LogP contribution >= 0.6 is 0 Å². The van der Waals surface area contributed by atoms with Gasteiger partial charge in [0.25, 0.3) is 5.91 Å². The van der Waals surface area contributed by atoms with Crippen molar-refractivity contribution < 1.29 is 22.4 Å². The third kappa shape index (κ3) is 4.55. The van der Waals surface area contributed by atoms with Gasteiger partial charge in [-0.25, -0.2) is 8.42 Å². The SMILES string of the molecule is CC1CN(CC2CCCN2C(=O)c2oc3ccccc3c2CS(C)(=O)=O)CC(C)O1. The molecule has 0 aliphatic carbocycles. The Bertz CT molecular complexity index is 1020. The van der Waals surface area contributed by atoms with Crippen molar-refractivity contribution in [1.82, 2.24) is 9.80 Å². The zero-order chi connectivity index (χ0) is 21.5. The Labute approximate surface area is 177 Å². The number of carbonyl (C=O) groups excluding carboxylic acids is 1. The lowest BCUT2D eigenvalue weighted by Crippen LogP contribution is -2.51. The van der Waals surface area contributed by atoms with Crippen molar-refractivity contribution in [3.63, 3.8) is 0 Å². The van der Waals surface area contributed by atoms with Crippen molar-refractivity contribution in [3.05, 3.63) is 35.6 Å². The lowest BCUT2D eigenvalue weighted by molar-refractivity contribution is -0.0715. The van der Waals surface area contributed by atoms with E-state index in [0.29, 0.717) is 23.1 Å². The molecule has 2 aliphatic heterocycles. The number of amides is 1. The zero-order valence-electron chi connectivity index (χ0n) is 17.8. The van der Waals surface area contributed by atoms with Gasteiger partial charge in [-0.15, -0.1) is 0 Å². The van der Waals surface area contributed by atoms with E-state index in [4.69, 9.17) is 9.15 Å². The van der Waals surface area contributed by atoms with Crippen LogP contribution in [0.4, 0.5) is 0 Å². The summed E-state index contributed by atoms with van der Waals surface area (Å²) in [5, 5.41) is 0.692. The molecule has 1 aromatic heterocycles. The van der Waals surface area contributed by atoms with Crippen molar-refractivity contribution in [2.75, 3.05) is 32.4 Å². The second-order valence-electron chi connectivity index (χ2n) is 8.75. The van der Waals surface area contributed by atoms with E-state index in [2.05, 4.69) is 18.7 Å². The van der Waals surface area contributed by atoms with Gasteiger partial charge in [0.1, 0.15) is 5.58 Å². The molecule has 0 bridgehead atoms. The number of hydrogen-bond donors (Lipinski definition) is 0. The van der Waals surface area contributed by atoms with E-state index in [9.17, 15) is 13.2 Å². The molecule has 3 atom stereocenters. The summed E-state index contributed by atoms with van der Waals surface area (Å²) in [4.78, 5) is 17.7. The smallest absolute Gasteiger partial charge is 0.290 e. The number of nitrogens with zero attached hydrogens (tertiary/aromatic N) is 2. The Morgan fingerprint density at radius 3 is 2.57 bits per heavy atom. The molecule has 30 heavy (non-hydrogen) atoms. The molecule has 164 valence electrons. The maximum atomic E-state index is 13.5. The summed E-state index contributed by atoms with van der Waals surface area (Å²) in [6.45, 7) is 7.32. The summed E-state index contributed by atoms with van der Waals surface area (Å²) in [7, 11) is -3.32. The Balaban J connectivity index is 1.60. The van der Waals surface area contributed by atoms with Crippen molar-refractivity contribution in [1.29, 1.82) is 0 Å². The summed E-state index contributed by atoms with van der Waals surface area (Å²) >= 11 is 0. The highest BCUT2D eigenvalue weighted by molar-refractivity contribution is 7.89. The van der Waals surface area contributed by atoms with E-state index in [0.717, 1.165) is 32.5 Å². The minimum atomic E-state index is -3.32. The Hall–Kier alpha value is -1.90. The molecule has 0 saturated carbocycles. The molecule has 2 aliphatic rings. The number of fused-ring (bicyclic) bond motifs is 1. The Morgan fingerprint density at radius 1 is 1.17 bits per heavy atom. The minimum Gasteiger partial charge on any atom is -0.451 e. The second kappa shape index (κ2) is 8.32. The van der Waals surface area contributed by atoms with Crippen LogP contribution in [-0.4, -0.2) is 74.8 Å². The fourth-order valence-corrected chi connectivity index (χ4v) is 5.64. The van der Waals surface area contributed by atoms with E-state index in [1.54, 1.807) is 6.07 Å². The van der Waals surface area contributed by atoms with Crippen LogP contribution in [0.15, 0.2) is 28.7 Å². The van der Waals surface area contributed by atoms with Gasteiger partial charge in [-0.3, -0.25) is 9.69 Å². The van der Waals surface area contributed by atoms with Crippen LogP contribution in [-0.2, 0) is 20.3 Å². The summed E-state index contributed by atoms with van der Waals surface area (Å²) in [5.41, 5.74) is 1.02. The molecular weight excluding hydrogens is 404 g/mol. The fraction of sp³-hybridized carbons (Fsp3) is 0.591. The molecule has 8 heteroatoms. The summed E-state index contributed by atoms with van der Waals surface area (Å²) in [6, 6.07) is 7.33. The third-order valence-electron chi connectivity index (χ3n) is 5.90. The number of hydrogen-bond acceptors (Lipinski definition) is 6. The normalized spacial score (nSPS) is 25.8. The monoisotopic (exact) mass is 434 g/mol. The first-order chi connectivity index (χ1) is 14.2. The molecule has 2 fully saturated rings. The van der Waals surface area contributed by atoms with Gasteiger partial charge in [0, 0.05) is 49.4 Å². The molecular formula is C22H30N2O5S. The van der Waals surface area contributed by atoms with Crippen LogP contribution in [0.1, 0.15) is 42.8 Å². The second-order valence-corrected chi connectivity index (χ2v) is 10.9. The molecule has 4 rings (SSSR count). The molecule has 1 aromatic carbocycles. The first kappa shape index (κ1) is 21.3. The molecule has 3 heterocycles. The van der Waals surface area contributed by atoms with Crippen molar-refractivity contribution in [2.45, 2.75) is 50.7 Å². The molecule has 3 unspecified atom stereocenters. The molecule has 1 amide bonds. The number of benzene rings is 1. The van der Waals surface area contributed by atoms with Crippen LogP contribution in [0.3, 0.4) is 0 Å². The van der Waals surface area contributed by atoms with Gasteiger partial charge in [-0.05, 0) is 32.8 Å². The van der Waals surface area contributed by atoms with Gasteiger partial charge < -0.3 is 14.1 Å². The van der Waals surface area contributed by atoms with E-state index in [1.165, 1.54) is 6.26 Å². The van der Waals surface area contributed by atoms with Crippen LogP contribution in [0.5, 0.6) is 0 Å². The number of likely N-dealkylation sites (tertiary alicyclic amines) is 1. The summed E-state index contributed by atoms with van der Waals surface area (Å²) < 4.78 is 35.8. The fourth-order valence-electron chi connectivity index (χ4n) is 4.83. The van der Waals surface area contributed by atoms with Crippen molar-refractivity contribution in [2.24, 2.45) is 0 Å². The maximum Gasteiger partial charge on any atom is 0.290 e. The first-order valence-electron chi connectivity index (χ1n) is 10.6. The molecule has 7 nitrogen and oxygen atoms in total. The average Bonchev–Trinajstić information content (AvgIpc) is 3.24. The van der Waals surface area contributed by atoms with Gasteiger partial charge in [0.15, 0.2) is 15.6 Å². The number of furan rings is 1. The zero-order valence-corrected chi connectivity index (χ0v) is 18.7. The van der Waals surface area contributed by atoms with Crippen LogP contribution in [0.2, 0.25) is 0 Å². The highest BCUT2D eigenvalue weighted by atomic mass is 32.2. The van der Waals surface area contributed by atoms with E-state index < -0.39 is 9.84 Å². The molecule has 0 N–H and O–H groups in total. The van der Waals surface area contributed by atoms with E-state index in [-0.39, 0.29) is 35.7 Å². The standard InChI is InChI=1S/C22H30N2O5S/c1-15-11-23(12-16(2)28-15)13-17-7-6-10-24(17)22(25)21-19(14-30(3,26)27)18-8-4-5-9-20(18)29-21/h4-5,8-9,15-17H,6-7,10-14H2,1-3H3. The lowest BCUT2D eigenvalue weighted by Gasteiger charge is -2.38. The van der Waals surface area contributed by atoms with Gasteiger partial charge >= 0.3 is 0 Å². The lowest BCUT2D eigenvalue weighted by atomic mass is 10.1. The Kier molecular flexibility index (Phi) is 5.92. The highest BCUT2D eigenvalue weighted by Gasteiger charge is 2.36. The van der Waals surface area contributed by atoms with Crippen LogP contribution < -0.4 is 0 Å². The van der Waals surface area contributed by atoms with Gasteiger partial charge in [0.05, 0.1) is 18.0 Å². The number of rotatable bonds is 5. The number of ether oxygens (including phenoxy) is 1. The molecule has 2 aromatic rings. The number of morpholine rings is 1. The topological polar surface area (TPSA) is 80.1 Å². The maximum absolute atomic E-state index is 13.5. The van der Waals surface area contributed by atoms with Crippen LogP contribution in [0, 0.1) is 0 Å². The van der Waals surface area contributed by atoms with Crippen molar-refractivity contribution in [3.8, 4) is 0 Å². The predicted molar refractivity (Wildman–Crippen MR) is 115 cm³/mol.